The molecule has 2 aromatic carbocycles. The van der Waals surface area contributed by atoms with Crippen LogP contribution in [0.4, 0.5) is 0 Å². The summed E-state index contributed by atoms with van der Waals surface area (Å²) in [6.07, 6.45) is 0. The summed E-state index contributed by atoms with van der Waals surface area (Å²) in [5, 5.41) is 2.91. The number of aryl methyl sites for hydroxylation is 1. The highest BCUT2D eigenvalue weighted by atomic mass is 16.5. The predicted molar refractivity (Wildman–Crippen MR) is 118 cm³/mol. The van der Waals surface area contributed by atoms with Crippen molar-refractivity contribution in [2.45, 2.75) is 40.3 Å². The smallest absolute Gasteiger partial charge is 0.261 e. The number of ether oxygens (including phenoxy) is 2. The van der Waals surface area contributed by atoms with Gasteiger partial charge in [-0.3, -0.25) is 9.59 Å². The largest absolute Gasteiger partial charge is 0.497 e. The fourth-order valence-corrected chi connectivity index (χ4v) is 2.94. The maximum Gasteiger partial charge on any atom is 0.261 e. The normalized spacial score (nSPS) is 11.7. The first kappa shape index (κ1) is 23.3. The van der Waals surface area contributed by atoms with Crippen LogP contribution in [0.1, 0.15) is 31.9 Å². The van der Waals surface area contributed by atoms with E-state index in [0.717, 1.165) is 11.1 Å². The van der Waals surface area contributed by atoms with Crippen molar-refractivity contribution < 1.29 is 19.1 Å². The Bertz CT molecular complexity index is 851. The highest BCUT2D eigenvalue weighted by Gasteiger charge is 2.26. The van der Waals surface area contributed by atoms with E-state index in [1.165, 1.54) is 0 Å². The first-order valence-electron chi connectivity index (χ1n) is 10.2. The highest BCUT2D eigenvalue weighted by Crippen LogP contribution is 2.17. The molecule has 0 fully saturated rings. The van der Waals surface area contributed by atoms with Gasteiger partial charge in [-0.05, 0) is 55.2 Å². The zero-order chi connectivity index (χ0) is 22.1. The second-order valence-corrected chi connectivity index (χ2v) is 7.79. The first-order valence-corrected chi connectivity index (χ1v) is 10.2. The Labute approximate surface area is 179 Å². The number of rotatable bonds is 10. The minimum absolute atomic E-state index is 0.144. The molecule has 2 rings (SSSR count). The van der Waals surface area contributed by atoms with Crippen molar-refractivity contribution in [3.05, 3.63) is 59.7 Å². The number of nitrogens with zero attached hydrogens (tertiary/aromatic N) is 1. The van der Waals surface area contributed by atoms with Crippen LogP contribution in [-0.4, -0.2) is 43.0 Å². The van der Waals surface area contributed by atoms with E-state index >= 15 is 0 Å². The minimum Gasteiger partial charge on any atom is -0.497 e. The second kappa shape index (κ2) is 11.2. The van der Waals surface area contributed by atoms with Crippen molar-refractivity contribution in [3.63, 3.8) is 0 Å². The lowest BCUT2D eigenvalue weighted by molar-refractivity contribution is -0.142. The molecular weight excluding hydrogens is 380 g/mol. The van der Waals surface area contributed by atoms with Crippen LogP contribution in [0.5, 0.6) is 11.5 Å². The monoisotopic (exact) mass is 412 g/mol. The van der Waals surface area contributed by atoms with Gasteiger partial charge in [0.25, 0.3) is 5.91 Å². The van der Waals surface area contributed by atoms with Crippen molar-refractivity contribution in [3.8, 4) is 11.5 Å². The third-order valence-corrected chi connectivity index (χ3v) is 4.69. The number of nitrogens with one attached hydrogen (secondary N) is 1. The third-order valence-electron chi connectivity index (χ3n) is 4.69. The van der Waals surface area contributed by atoms with Gasteiger partial charge in [-0.25, -0.2) is 0 Å². The molecule has 0 aliphatic rings. The van der Waals surface area contributed by atoms with Crippen molar-refractivity contribution in [2.75, 3.05) is 20.3 Å². The maximum atomic E-state index is 13.0. The lowest BCUT2D eigenvalue weighted by Gasteiger charge is -2.29. The Morgan fingerprint density at radius 3 is 2.40 bits per heavy atom. The summed E-state index contributed by atoms with van der Waals surface area (Å²) in [6.45, 7) is 8.45. The number of methoxy groups -OCH3 is 1. The van der Waals surface area contributed by atoms with E-state index in [1.807, 2.05) is 69.3 Å². The van der Waals surface area contributed by atoms with E-state index in [0.29, 0.717) is 24.0 Å². The van der Waals surface area contributed by atoms with Gasteiger partial charge in [0.15, 0.2) is 6.61 Å². The fourth-order valence-electron chi connectivity index (χ4n) is 2.94. The van der Waals surface area contributed by atoms with Crippen LogP contribution in [0.15, 0.2) is 48.5 Å². The summed E-state index contributed by atoms with van der Waals surface area (Å²) >= 11 is 0. The molecule has 0 aliphatic carbocycles. The molecule has 0 aliphatic heterocycles. The zero-order valence-corrected chi connectivity index (χ0v) is 18.5. The molecule has 0 spiro atoms. The number of hydrogen-bond acceptors (Lipinski definition) is 4. The number of carbonyl (C=O) groups is 2. The molecule has 0 heterocycles. The molecule has 1 N–H and O–H groups in total. The van der Waals surface area contributed by atoms with Gasteiger partial charge in [-0.2, -0.15) is 0 Å². The van der Waals surface area contributed by atoms with Gasteiger partial charge in [-0.15, -0.1) is 0 Å². The second-order valence-electron chi connectivity index (χ2n) is 7.79. The zero-order valence-electron chi connectivity index (χ0n) is 18.5. The Hall–Kier alpha value is -3.02. The van der Waals surface area contributed by atoms with Gasteiger partial charge in [-0.1, -0.05) is 38.1 Å². The molecule has 2 aromatic rings. The fraction of sp³-hybridized carbons (Fsp3) is 0.417. The molecule has 30 heavy (non-hydrogen) atoms. The van der Waals surface area contributed by atoms with Gasteiger partial charge in [0.2, 0.25) is 5.91 Å². The molecule has 6 heteroatoms. The lowest BCUT2D eigenvalue weighted by atomic mass is 10.1. The quantitative estimate of drug-likeness (QED) is 0.648. The molecule has 0 bridgehead atoms. The van der Waals surface area contributed by atoms with Crippen LogP contribution >= 0.6 is 0 Å². The molecule has 0 saturated carbocycles. The molecule has 162 valence electrons. The summed E-state index contributed by atoms with van der Waals surface area (Å²) in [5.41, 5.74) is 1.93. The Morgan fingerprint density at radius 2 is 1.73 bits per heavy atom. The van der Waals surface area contributed by atoms with Crippen LogP contribution in [-0.2, 0) is 16.1 Å². The third kappa shape index (κ3) is 7.10. The van der Waals surface area contributed by atoms with Gasteiger partial charge < -0.3 is 19.7 Å². The summed E-state index contributed by atoms with van der Waals surface area (Å²) in [6, 6.07) is 14.4. The number of benzene rings is 2. The molecule has 6 nitrogen and oxygen atoms in total. The summed E-state index contributed by atoms with van der Waals surface area (Å²) in [5.74, 6) is 1.21. The van der Waals surface area contributed by atoms with Crippen LogP contribution in [0, 0.1) is 12.8 Å². The molecular formula is C24H32N2O4. The first-order chi connectivity index (χ1) is 14.3. The van der Waals surface area contributed by atoms with Gasteiger partial charge in [0.05, 0.1) is 7.11 Å². The van der Waals surface area contributed by atoms with Crippen LogP contribution in [0.3, 0.4) is 0 Å². The minimum atomic E-state index is -0.636. The molecule has 0 saturated heterocycles. The van der Waals surface area contributed by atoms with E-state index < -0.39 is 6.04 Å². The van der Waals surface area contributed by atoms with E-state index in [9.17, 15) is 9.59 Å². The average Bonchev–Trinajstić information content (AvgIpc) is 2.73. The Balaban J connectivity index is 2.15. The molecule has 0 unspecified atom stereocenters. The van der Waals surface area contributed by atoms with Gasteiger partial charge in [0.1, 0.15) is 17.5 Å². The van der Waals surface area contributed by atoms with Crippen LogP contribution in [0.25, 0.3) is 0 Å². The number of carbonyl (C=O) groups excluding carboxylic acids is 2. The van der Waals surface area contributed by atoms with Gasteiger partial charge >= 0.3 is 0 Å². The van der Waals surface area contributed by atoms with Crippen LogP contribution in [0.2, 0.25) is 0 Å². The van der Waals surface area contributed by atoms with Gasteiger partial charge in [0, 0.05) is 13.1 Å². The lowest BCUT2D eigenvalue weighted by Crippen LogP contribution is -2.49. The molecule has 0 radical (unpaired) electrons. The summed E-state index contributed by atoms with van der Waals surface area (Å²) < 4.78 is 11.0. The highest BCUT2D eigenvalue weighted by molar-refractivity contribution is 5.88. The molecule has 0 aromatic heterocycles. The van der Waals surface area contributed by atoms with E-state index in [-0.39, 0.29) is 25.0 Å². The average molecular weight is 413 g/mol. The van der Waals surface area contributed by atoms with E-state index in [1.54, 1.807) is 18.9 Å². The topological polar surface area (TPSA) is 67.9 Å². The number of hydrogen-bond donors (Lipinski definition) is 1. The van der Waals surface area contributed by atoms with Crippen molar-refractivity contribution >= 4 is 11.8 Å². The van der Waals surface area contributed by atoms with Crippen LogP contribution < -0.4 is 14.8 Å². The molecule has 1 atom stereocenters. The predicted octanol–water partition coefficient (Wildman–Crippen LogP) is 3.57. The standard InChI is InChI=1S/C24H32N2O4/c1-17(2)14-25-24(28)19(4)26(15-20-9-7-10-21(13-20)29-5)23(27)16-30-22-11-6-8-18(3)12-22/h6-13,17,19H,14-16H2,1-5H3,(H,25,28)/t19-/m1/s1. The Morgan fingerprint density at radius 1 is 1.03 bits per heavy atom. The number of amides is 2. The van der Waals surface area contributed by atoms with Crippen molar-refractivity contribution in [2.24, 2.45) is 5.92 Å². The van der Waals surface area contributed by atoms with E-state index in [2.05, 4.69) is 5.32 Å². The Kier molecular flexibility index (Phi) is 8.71. The molecule has 2 amide bonds. The van der Waals surface area contributed by atoms with Crippen molar-refractivity contribution in [1.82, 2.24) is 10.2 Å². The van der Waals surface area contributed by atoms with Crippen molar-refractivity contribution in [1.29, 1.82) is 0 Å². The maximum absolute atomic E-state index is 13.0. The SMILES string of the molecule is COc1cccc(CN(C(=O)COc2cccc(C)c2)[C@H](C)C(=O)NCC(C)C)c1. The summed E-state index contributed by atoms with van der Waals surface area (Å²) in [4.78, 5) is 27.2. The van der Waals surface area contributed by atoms with E-state index in [4.69, 9.17) is 9.47 Å². The summed E-state index contributed by atoms with van der Waals surface area (Å²) in [7, 11) is 1.60.